The molecule has 1 N–H and O–H groups in total. The van der Waals surface area contributed by atoms with Crippen LogP contribution in [0.25, 0.3) is 0 Å². The summed E-state index contributed by atoms with van der Waals surface area (Å²) in [6, 6.07) is 0. The molecule has 0 aliphatic carbocycles. The van der Waals surface area contributed by atoms with Crippen LogP contribution in [0.15, 0.2) is 12.2 Å². The van der Waals surface area contributed by atoms with E-state index < -0.39 is 11.4 Å². The van der Waals surface area contributed by atoms with Gasteiger partial charge in [-0.25, -0.2) is 0 Å². The molecule has 0 heterocycles. The molecule has 0 aliphatic heterocycles. The predicted molar refractivity (Wildman–Crippen MR) is 50.0 cm³/mol. The van der Waals surface area contributed by atoms with Gasteiger partial charge in [-0.15, -0.1) is 6.58 Å². The highest BCUT2D eigenvalue weighted by Gasteiger charge is 2.36. The van der Waals surface area contributed by atoms with E-state index in [9.17, 15) is 4.79 Å². The molecule has 0 bridgehead atoms. The zero-order valence-corrected chi connectivity index (χ0v) is 8.35. The summed E-state index contributed by atoms with van der Waals surface area (Å²) in [5.74, 6) is -0.604. The van der Waals surface area contributed by atoms with E-state index in [4.69, 9.17) is 5.11 Å². The molecule has 1 unspecified atom stereocenters. The van der Waals surface area contributed by atoms with Gasteiger partial charge in [-0.2, -0.15) is 0 Å². The van der Waals surface area contributed by atoms with Crippen LogP contribution in [0.3, 0.4) is 0 Å². The normalized spacial score (nSPS) is 15.8. The van der Waals surface area contributed by atoms with E-state index in [0.29, 0.717) is 6.42 Å². The Balaban J connectivity index is 4.62. The number of hydrogen-bond donors (Lipinski definition) is 1. The van der Waals surface area contributed by atoms with E-state index in [0.717, 1.165) is 5.57 Å². The summed E-state index contributed by atoms with van der Waals surface area (Å²) in [7, 11) is 0. The number of allylic oxidation sites excluding steroid dienone is 1. The smallest absolute Gasteiger partial charge is 0.309 e. The first-order valence-corrected chi connectivity index (χ1v) is 4.18. The lowest BCUT2D eigenvalue weighted by Crippen LogP contribution is -2.33. The minimum Gasteiger partial charge on any atom is -0.481 e. The van der Waals surface area contributed by atoms with Gasteiger partial charge in [0.25, 0.3) is 0 Å². The second-order valence-electron chi connectivity index (χ2n) is 4.01. The van der Waals surface area contributed by atoms with Gasteiger partial charge in [0.1, 0.15) is 0 Å². The maximum absolute atomic E-state index is 11.0. The molecule has 0 aliphatic rings. The topological polar surface area (TPSA) is 37.3 Å². The molecule has 70 valence electrons. The Labute approximate surface area is 74.3 Å². The third-order valence-corrected chi connectivity index (χ3v) is 2.43. The van der Waals surface area contributed by atoms with Crippen molar-refractivity contribution in [2.75, 3.05) is 0 Å². The number of carboxylic acid groups (broad SMARTS) is 1. The second kappa shape index (κ2) is 3.74. The van der Waals surface area contributed by atoms with E-state index in [1.807, 2.05) is 20.8 Å². The maximum atomic E-state index is 11.0. The average molecular weight is 170 g/mol. The molecule has 0 aromatic carbocycles. The molecule has 0 rings (SSSR count). The fraction of sp³-hybridized carbons (Fsp3) is 0.700. The van der Waals surface area contributed by atoms with Crippen LogP contribution in [0.4, 0.5) is 0 Å². The lowest BCUT2D eigenvalue weighted by molar-refractivity contribution is -0.150. The van der Waals surface area contributed by atoms with Gasteiger partial charge in [0.15, 0.2) is 0 Å². The summed E-state index contributed by atoms with van der Waals surface area (Å²) >= 11 is 0. The highest BCUT2D eigenvalue weighted by molar-refractivity contribution is 5.74. The summed E-state index contributed by atoms with van der Waals surface area (Å²) in [5.41, 5.74) is 0.264. The largest absolute Gasteiger partial charge is 0.481 e. The van der Waals surface area contributed by atoms with Crippen molar-refractivity contribution in [1.29, 1.82) is 0 Å². The molecule has 2 heteroatoms. The summed E-state index contributed by atoms with van der Waals surface area (Å²) in [5, 5.41) is 9.01. The van der Waals surface area contributed by atoms with Crippen LogP contribution < -0.4 is 0 Å². The Hall–Kier alpha value is -0.790. The van der Waals surface area contributed by atoms with Gasteiger partial charge in [-0.05, 0) is 26.2 Å². The van der Waals surface area contributed by atoms with Gasteiger partial charge < -0.3 is 5.11 Å². The standard InChI is InChI=1S/C10H18O2/c1-7(2)6-10(5,8(3)4)9(11)12/h8H,1,6H2,2-5H3,(H,11,12). The Kier molecular flexibility index (Phi) is 3.50. The molecule has 12 heavy (non-hydrogen) atoms. The number of rotatable bonds is 4. The first-order chi connectivity index (χ1) is 5.30. The SMILES string of the molecule is C=C(C)CC(C)(C(=O)O)C(C)C. The van der Waals surface area contributed by atoms with Crippen LogP contribution in [0.2, 0.25) is 0 Å². The molecule has 0 saturated carbocycles. The fourth-order valence-electron chi connectivity index (χ4n) is 1.15. The molecule has 0 aromatic rings. The maximum Gasteiger partial charge on any atom is 0.309 e. The fourth-order valence-corrected chi connectivity index (χ4v) is 1.15. The van der Waals surface area contributed by atoms with Crippen LogP contribution in [0.1, 0.15) is 34.1 Å². The van der Waals surface area contributed by atoms with Gasteiger partial charge >= 0.3 is 5.97 Å². The molecule has 0 spiro atoms. The van der Waals surface area contributed by atoms with Gasteiger partial charge in [0, 0.05) is 0 Å². The zero-order valence-electron chi connectivity index (χ0n) is 8.35. The first-order valence-electron chi connectivity index (χ1n) is 4.18. The van der Waals surface area contributed by atoms with Crippen LogP contribution in [0, 0.1) is 11.3 Å². The number of hydrogen-bond acceptors (Lipinski definition) is 1. The molecule has 0 amide bonds. The number of aliphatic carboxylic acids is 1. The third-order valence-electron chi connectivity index (χ3n) is 2.43. The Morgan fingerprint density at radius 3 is 2.08 bits per heavy atom. The van der Waals surface area contributed by atoms with Gasteiger partial charge in [-0.3, -0.25) is 4.79 Å². The van der Waals surface area contributed by atoms with E-state index in [2.05, 4.69) is 6.58 Å². The lowest BCUT2D eigenvalue weighted by Gasteiger charge is -2.29. The van der Waals surface area contributed by atoms with Crippen molar-refractivity contribution in [2.24, 2.45) is 11.3 Å². The molecular formula is C10H18O2. The van der Waals surface area contributed by atoms with Gasteiger partial charge in [0.05, 0.1) is 5.41 Å². The van der Waals surface area contributed by atoms with Crippen LogP contribution in [0.5, 0.6) is 0 Å². The Morgan fingerprint density at radius 1 is 1.58 bits per heavy atom. The van der Waals surface area contributed by atoms with Crippen molar-refractivity contribution in [1.82, 2.24) is 0 Å². The molecule has 0 radical (unpaired) electrons. The summed E-state index contributed by atoms with van der Waals surface area (Å²) < 4.78 is 0. The summed E-state index contributed by atoms with van der Waals surface area (Å²) in [6.45, 7) is 11.2. The van der Waals surface area contributed by atoms with Crippen molar-refractivity contribution in [3.63, 3.8) is 0 Å². The molecule has 0 saturated heterocycles. The lowest BCUT2D eigenvalue weighted by atomic mass is 9.75. The molecule has 2 nitrogen and oxygen atoms in total. The van der Waals surface area contributed by atoms with E-state index >= 15 is 0 Å². The number of carboxylic acids is 1. The van der Waals surface area contributed by atoms with Crippen molar-refractivity contribution < 1.29 is 9.90 Å². The highest BCUT2D eigenvalue weighted by atomic mass is 16.4. The minimum atomic E-state index is -0.736. The Morgan fingerprint density at radius 2 is 2.00 bits per heavy atom. The highest BCUT2D eigenvalue weighted by Crippen LogP contribution is 2.33. The average Bonchev–Trinajstić information content (AvgIpc) is 1.84. The van der Waals surface area contributed by atoms with Gasteiger partial charge in [0.2, 0.25) is 0 Å². The Bertz CT molecular complexity index is 194. The molecule has 0 aromatic heterocycles. The second-order valence-corrected chi connectivity index (χ2v) is 4.01. The monoisotopic (exact) mass is 170 g/mol. The van der Waals surface area contributed by atoms with Crippen LogP contribution >= 0.6 is 0 Å². The van der Waals surface area contributed by atoms with Gasteiger partial charge in [-0.1, -0.05) is 19.4 Å². The van der Waals surface area contributed by atoms with E-state index in [1.54, 1.807) is 6.92 Å². The van der Waals surface area contributed by atoms with Crippen molar-refractivity contribution in [3.05, 3.63) is 12.2 Å². The van der Waals surface area contributed by atoms with Crippen molar-refractivity contribution in [3.8, 4) is 0 Å². The van der Waals surface area contributed by atoms with Crippen molar-refractivity contribution >= 4 is 5.97 Å². The van der Waals surface area contributed by atoms with E-state index in [-0.39, 0.29) is 5.92 Å². The van der Waals surface area contributed by atoms with Crippen molar-refractivity contribution in [2.45, 2.75) is 34.1 Å². The summed E-state index contributed by atoms with van der Waals surface area (Å²) in [6.07, 6.45) is 0.556. The quantitative estimate of drug-likeness (QED) is 0.659. The predicted octanol–water partition coefficient (Wildman–Crippen LogP) is 2.70. The van der Waals surface area contributed by atoms with Crippen LogP contribution in [-0.2, 0) is 4.79 Å². The van der Waals surface area contributed by atoms with Crippen LogP contribution in [-0.4, -0.2) is 11.1 Å². The van der Waals surface area contributed by atoms with E-state index in [1.165, 1.54) is 0 Å². The number of carbonyl (C=O) groups is 1. The molecule has 0 fully saturated rings. The minimum absolute atomic E-state index is 0.131. The first kappa shape index (κ1) is 11.2. The zero-order chi connectivity index (χ0) is 9.94. The summed E-state index contributed by atoms with van der Waals surface area (Å²) in [4.78, 5) is 11.0. The third kappa shape index (κ3) is 2.36. The molecular weight excluding hydrogens is 152 g/mol. The molecule has 1 atom stereocenters.